The maximum Gasteiger partial charge on any atom is 0.262 e. The van der Waals surface area contributed by atoms with Gasteiger partial charge in [0.15, 0.2) is 0 Å². The number of benzene rings is 1. The Hall–Kier alpha value is -3.20. The van der Waals surface area contributed by atoms with Crippen molar-refractivity contribution in [1.29, 1.82) is 5.26 Å². The summed E-state index contributed by atoms with van der Waals surface area (Å²) in [5.41, 5.74) is 1.71. The fraction of sp³-hybridized carbons (Fsp3) is 0.300. The van der Waals surface area contributed by atoms with E-state index in [1.54, 1.807) is 19.2 Å². The van der Waals surface area contributed by atoms with Crippen molar-refractivity contribution in [1.82, 2.24) is 5.32 Å². The van der Waals surface area contributed by atoms with Crippen LogP contribution in [-0.4, -0.2) is 26.1 Å². The molecule has 6 heteroatoms. The number of amides is 1. The predicted octanol–water partition coefficient (Wildman–Crippen LogP) is 3.36. The Morgan fingerprint density at radius 3 is 2.69 bits per heavy atom. The minimum absolute atomic E-state index is 0.00504. The van der Waals surface area contributed by atoms with E-state index < -0.39 is 5.91 Å². The number of nitrogens with one attached hydrogen (secondary N) is 1. The summed E-state index contributed by atoms with van der Waals surface area (Å²) in [7, 11) is 1.57. The number of nitrogens with zero attached hydrogens (tertiary/aromatic N) is 2. The average Bonchev–Trinajstić information content (AvgIpc) is 3.19. The lowest BCUT2D eigenvalue weighted by molar-refractivity contribution is -0.117. The Kier molecular flexibility index (Phi) is 6.86. The molecule has 136 valence electrons. The van der Waals surface area contributed by atoms with Gasteiger partial charge < -0.3 is 19.4 Å². The zero-order chi connectivity index (χ0) is 18.9. The third-order valence-corrected chi connectivity index (χ3v) is 4.01. The van der Waals surface area contributed by atoms with E-state index in [0.717, 1.165) is 18.8 Å². The molecule has 0 aliphatic rings. The highest BCUT2D eigenvalue weighted by molar-refractivity contribution is 6.02. The number of anilines is 1. The van der Waals surface area contributed by atoms with Crippen molar-refractivity contribution in [3.63, 3.8) is 0 Å². The summed E-state index contributed by atoms with van der Waals surface area (Å²) in [6, 6.07) is 11.2. The molecule has 2 rings (SSSR count). The second kappa shape index (κ2) is 9.33. The number of nitriles is 1. The maximum absolute atomic E-state index is 12.2. The standard InChI is InChI=1S/C20H23N3O3/c1-4-23(5-2)17-9-8-15(19(12-17)25-3)11-16(13-21)20(24)22-14-18-7-6-10-26-18/h6-12H,4-5,14H2,1-3H3,(H,22,24)/b16-11+. The Morgan fingerprint density at radius 1 is 1.35 bits per heavy atom. The Bertz CT molecular complexity index is 800. The van der Waals surface area contributed by atoms with Gasteiger partial charge in [-0.1, -0.05) is 0 Å². The van der Waals surface area contributed by atoms with Crippen molar-refractivity contribution in [3.8, 4) is 11.8 Å². The molecule has 0 aliphatic carbocycles. The second-order valence-corrected chi connectivity index (χ2v) is 5.53. The van der Waals surface area contributed by atoms with E-state index in [0.29, 0.717) is 17.1 Å². The van der Waals surface area contributed by atoms with E-state index >= 15 is 0 Å². The maximum atomic E-state index is 12.2. The number of hydrogen-bond donors (Lipinski definition) is 1. The number of hydrogen-bond acceptors (Lipinski definition) is 5. The molecule has 0 unspecified atom stereocenters. The quantitative estimate of drug-likeness (QED) is 0.581. The minimum atomic E-state index is -0.459. The lowest BCUT2D eigenvalue weighted by atomic mass is 10.1. The molecule has 0 aliphatic heterocycles. The van der Waals surface area contributed by atoms with Crippen LogP contribution in [0.3, 0.4) is 0 Å². The van der Waals surface area contributed by atoms with Gasteiger partial charge in [-0.2, -0.15) is 5.26 Å². The number of carbonyl (C=O) groups is 1. The molecule has 0 bridgehead atoms. The van der Waals surface area contributed by atoms with Gasteiger partial charge in [-0.05, 0) is 44.2 Å². The van der Waals surface area contributed by atoms with E-state index in [4.69, 9.17) is 9.15 Å². The zero-order valence-electron chi connectivity index (χ0n) is 15.3. The number of carbonyl (C=O) groups excluding carboxylic acids is 1. The molecule has 2 aromatic rings. The summed E-state index contributed by atoms with van der Waals surface area (Å²) >= 11 is 0. The first-order valence-corrected chi connectivity index (χ1v) is 8.48. The zero-order valence-corrected chi connectivity index (χ0v) is 15.3. The average molecular weight is 353 g/mol. The van der Waals surface area contributed by atoms with Crippen LogP contribution in [0.2, 0.25) is 0 Å². The number of methoxy groups -OCH3 is 1. The first-order chi connectivity index (χ1) is 12.6. The molecule has 0 saturated carbocycles. The molecule has 26 heavy (non-hydrogen) atoms. The van der Waals surface area contributed by atoms with Gasteiger partial charge in [-0.25, -0.2) is 0 Å². The van der Waals surface area contributed by atoms with E-state index in [1.165, 1.54) is 12.3 Å². The smallest absolute Gasteiger partial charge is 0.262 e. The fourth-order valence-corrected chi connectivity index (χ4v) is 2.58. The van der Waals surface area contributed by atoms with Crippen molar-refractivity contribution >= 4 is 17.7 Å². The highest BCUT2D eigenvalue weighted by Crippen LogP contribution is 2.27. The monoisotopic (exact) mass is 353 g/mol. The van der Waals surface area contributed by atoms with E-state index in [-0.39, 0.29) is 12.1 Å². The third-order valence-electron chi connectivity index (χ3n) is 4.01. The molecule has 6 nitrogen and oxygen atoms in total. The topological polar surface area (TPSA) is 78.5 Å². The summed E-state index contributed by atoms with van der Waals surface area (Å²) in [6.07, 6.45) is 3.06. The third kappa shape index (κ3) is 4.67. The van der Waals surface area contributed by atoms with Crippen LogP contribution in [0, 0.1) is 11.3 Å². The van der Waals surface area contributed by atoms with Gasteiger partial charge in [-0.3, -0.25) is 4.79 Å². The summed E-state index contributed by atoms with van der Waals surface area (Å²) in [4.78, 5) is 14.4. The molecule has 0 fully saturated rings. The van der Waals surface area contributed by atoms with Crippen LogP contribution in [0.25, 0.3) is 6.08 Å². The first-order valence-electron chi connectivity index (χ1n) is 8.48. The van der Waals surface area contributed by atoms with Crippen LogP contribution in [0.5, 0.6) is 5.75 Å². The van der Waals surface area contributed by atoms with Crippen LogP contribution >= 0.6 is 0 Å². The van der Waals surface area contributed by atoms with E-state index in [2.05, 4.69) is 24.1 Å². The van der Waals surface area contributed by atoms with Crippen molar-refractivity contribution in [2.45, 2.75) is 20.4 Å². The molecule has 0 saturated heterocycles. The Balaban J connectivity index is 2.21. The van der Waals surface area contributed by atoms with Gasteiger partial charge in [0.1, 0.15) is 23.2 Å². The summed E-state index contributed by atoms with van der Waals surface area (Å²) in [5.74, 6) is 0.775. The van der Waals surface area contributed by atoms with Crippen molar-refractivity contribution in [3.05, 3.63) is 53.5 Å². The summed E-state index contributed by atoms with van der Waals surface area (Å²) in [6.45, 7) is 6.16. The molecule has 0 radical (unpaired) electrons. The van der Waals surface area contributed by atoms with Crippen molar-refractivity contribution in [2.75, 3.05) is 25.1 Å². The van der Waals surface area contributed by atoms with Gasteiger partial charge in [0.05, 0.1) is 19.9 Å². The predicted molar refractivity (Wildman–Crippen MR) is 101 cm³/mol. The van der Waals surface area contributed by atoms with Crippen LogP contribution in [-0.2, 0) is 11.3 Å². The van der Waals surface area contributed by atoms with E-state index in [1.807, 2.05) is 24.3 Å². The molecule has 0 spiro atoms. The largest absolute Gasteiger partial charge is 0.496 e. The van der Waals surface area contributed by atoms with Crippen molar-refractivity contribution in [2.24, 2.45) is 0 Å². The molecule has 0 atom stereocenters. The summed E-state index contributed by atoms with van der Waals surface area (Å²) in [5, 5.41) is 12.0. The van der Waals surface area contributed by atoms with Crippen LogP contribution < -0.4 is 15.0 Å². The fourth-order valence-electron chi connectivity index (χ4n) is 2.58. The van der Waals surface area contributed by atoms with Gasteiger partial charge >= 0.3 is 0 Å². The van der Waals surface area contributed by atoms with Crippen LogP contribution in [0.1, 0.15) is 25.2 Å². The lowest BCUT2D eigenvalue weighted by Gasteiger charge is -2.22. The molecule has 1 amide bonds. The number of furan rings is 1. The highest BCUT2D eigenvalue weighted by atomic mass is 16.5. The van der Waals surface area contributed by atoms with Crippen LogP contribution in [0.15, 0.2) is 46.6 Å². The van der Waals surface area contributed by atoms with Gasteiger partial charge in [0.2, 0.25) is 0 Å². The van der Waals surface area contributed by atoms with Crippen LogP contribution in [0.4, 0.5) is 5.69 Å². The first kappa shape index (κ1) is 19.1. The molecule has 1 aromatic heterocycles. The highest BCUT2D eigenvalue weighted by Gasteiger charge is 2.12. The SMILES string of the molecule is CCN(CC)c1ccc(/C=C(\C#N)C(=O)NCc2ccco2)c(OC)c1. The molecular formula is C20H23N3O3. The Morgan fingerprint density at radius 2 is 2.12 bits per heavy atom. The molecule has 1 heterocycles. The molecule has 1 N–H and O–H groups in total. The number of ether oxygens (including phenoxy) is 1. The minimum Gasteiger partial charge on any atom is -0.496 e. The Labute approximate surface area is 153 Å². The summed E-state index contributed by atoms with van der Waals surface area (Å²) < 4.78 is 10.6. The normalized spacial score (nSPS) is 10.9. The van der Waals surface area contributed by atoms with Gasteiger partial charge in [0.25, 0.3) is 5.91 Å². The van der Waals surface area contributed by atoms with Gasteiger partial charge in [-0.15, -0.1) is 0 Å². The van der Waals surface area contributed by atoms with Crippen molar-refractivity contribution < 1.29 is 13.9 Å². The lowest BCUT2D eigenvalue weighted by Crippen LogP contribution is -2.23. The van der Waals surface area contributed by atoms with E-state index in [9.17, 15) is 10.1 Å². The molecular weight excluding hydrogens is 330 g/mol. The second-order valence-electron chi connectivity index (χ2n) is 5.53. The number of rotatable bonds is 8. The van der Waals surface area contributed by atoms with Gasteiger partial charge in [0, 0.05) is 30.4 Å². The molecule has 1 aromatic carbocycles.